The van der Waals surface area contributed by atoms with E-state index in [1.165, 1.54) is 12.1 Å². The van der Waals surface area contributed by atoms with E-state index in [2.05, 4.69) is 31.9 Å². The maximum absolute atomic E-state index is 12.0. The van der Waals surface area contributed by atoms with E-state index in [1.54, 1.807) is 0 Å². The molecule has 0 amide bonds. The lowest BCUT2D eigenvalue weighted by molar-refractivity contribution is -0.0885. The van der Waals surface area contributed by atoms with Crippen LogP contribution in [0.4, 0.5) is 13.2 Å². The van der Waals surface area contributed by atoms with E-state index in [0.717, 1.165) is 6.07 Å². The molecule has 0 saturated carbocycles. The van der Waals surface area contributed by atoms with E-state index in [-0.39, 0.29) is 10.0 Å². The highest BCUT2D eigenvalue weighted by Crippen LogP contribution is 2.28. The van der Waals surface area contributed by atoms with E-state index in [9.17, 15) is 18.0 Å². The van der Waals surface area contributed by atoms with E-state index >= 15 is 0 Å². The van der Waals surface area contributed by atoms with Crippen LogP contribution >= 0.6 is 31.9 Å². The molecule has 0 aliphatic carbocycles. The van der Waals surface area contributed by atoms with Crippen molar-refractivity contribution in [3.05, 3.63) is 32.7 Å². The predicted octanol–water partition coefficient (Wildman–Crippen LogP) is 3.96. The molecule has 6 heteroatoms. The van der Waals surface area contributed by atoms with Crippen LogP contribution in [0.15, 0.2) is 27.1 Å². The fraction of sp³-hybridized carbons (Fsp3) is 0.125. The summed E-state index contributed by atoms with van der Waals surface area (Å²) in [7, 11) is 0. The lowest BCUT2D eigenvalue weighted by Gasteiger charge is -2.06. The molecule has 0 saturated heterocycles. The Morgan fingerprint density at radius 1 is 1.21 bits per heavy atom. The molecular formula is C8H3Br2F3O. The number of carbonyl (C=O) groups is 1. The monoisotopic (exact) mass is 330 g/mol. The third-order valence-electron chi connectivity index (χ3n) is 1.43. The van der Waals surface area contributed by atoms with Crippen molar-refractivity contribution in [2.45, 2.75) is 6.18 Å². The van der Waals surface area contributed by atoms with Gasteiger partial charge < -0.3 is 0 Å². The molecule has 1 rings (SSSR count). The van der Waals surface area contributed by atoms with Gasteiger partial charge in [-0.15, -0.1) is 0 Å². The second kappa shape index (κ2) is 4.02. The molecule has 0 aliphatic heterocycles. The van der Waals surface area contributed by atoms with Gasteiger partial charge in [0, 0.05) is 14.5 Å². The first-order valence-corrected chi connectivity index (χ1v) is 4.97. The van der Waals surface area contributed by atoms with E-state index in [1.807, 2.05) is 0 Å². The molecule has 0 fully saturated rings. The smallest absolute Gasteiger partial charge is 0.284 e. The third-order valence-corrected chi connectivity index (χ3v) is 2.58. The number of halogens is 5. The summed E-state index contributed by atoms with van der Waals surface area (Å²) in [4.78, 5) is 10.8. The first-order valence-electron chi connectivity index (χ1n) is 3.39. The van der Waals surface area contributed by atoms with E-state index < -0.39 is 12.0 Å². The molecule has 1 nitrogen and oxygen atoms in total. The minimum absolute atomic E-state index is 0.120. The van der Waals surface area contributed by atoms with Crippen LogP contribution in [-0.4, -0.2) is 12.0 Å². The summed E-state index contributed by atoms with van der Waals surface area (Å²) in [5, 5.41) is 0. The zero-order valence-corrected chi connectivity index (χ0v) is 9.70. The highest BCUT2D eigenvalue weighted by Gasteiger charge is 2.40. The Bertz CT molecular complexity index is 373. The fourth-order valence-electron chi connectivity index (χ4n) is 0.826. The Balaban J connectivity index is 3.15. The zero-order chi connectivity index (χ0) is 10.9. The van der Waals surface area contributed by atoms with Gasteiger partial charge in [-0.3, -0.25) is 4.79 Å². The summed E-state index contributed by atoms with van der Waals surface area (Å²) in [6, 6.07) is 3.88. The zero-order valence-electron chi connectivity index (χ0n) is 6.53. The number of carbonyl (C=O) groups excluding carboxylic acids is 1. The molecule has 76 valence electrons. The highest BCUT2D eigenvalue weighted by molar-refractivity contribution is 9.11. The van der Waals surface area contributed by atoms with Gasteiger partial charge in [-0.25, -0.2) is 0 Å². The summed E-state index contributed by atoms with van der Waals surface area (Å²) >= 11 is 5.96. The van der Waals surface area contributed by atoms with Crippen LogP contribution in [0, 0.1) is 0 Å². The van der Waals surface area contributed by atoms with Crippen LogP contribution in [0.3, 0.4) is 0 Å². The maximum atomic E-state index is 12.0. The van der Waals surface area contributed by atoms with Gasteiger partial charge in [-0.05, 0) is 18.2 Å². The van der Waals surface area contributed by atoms with Crippen molar-refractivity contribution in [2.24, 2.45) is 0 Å². The van der Waals surface area contributed by atoms with Gasteiger partial charge in [-0.2, -0.15) is 13.2 Å². The van der Waals surface area contributed by atoms with Crippen molar-refractivity contribution in [3.8, 4) is 0 Å². The molecule has 1 aromatic carbocycles. The van der Waals surface area contributed by atoms with Crippen molar-refractivity contribution in [1.82, 2.24) is 0 Å². The van der Waals surface area contributed by atoms with Crippen molar-refractivity contribution < 1.29 is 18.0 Å². The van der Waals surface area contributed by atoms with Crippen LogP contribution in [0.1, 0.15) is 10.4 Å². The molecular weight excluding hydrogens is 329 g/mol. The Morgan fingerprint density at radius 2 is 1.79 bits per heavy atom. The normalized spacial score (nSPS) is 11.5. The molecule has 0 radical (unpaired) electrons. The number of rotatable bonds is 1. The second-order valence-corrected chi connectivity index (χ2v) is 4.22. The molecule has 0 N–H and O–H groups in total. The molecule has 0 aromatic heterocycles. The minimum atomic E-state index is -4.84. The molecule has 0 atom stereocenters. The van der Waals surface area contributed by atoms with Gasteiger partial charge in [0.05, 0.1) is 0 Å². The third kappa shape index (κ3) is 2.57. The second-order valence-electron chi connectivity index (χ2n) is 2.45. The van der Waals surface area contributed by atoms with Gasteiger partial charge >= 0.3 is 6.18 Å². The van der Waals surface area contributed by atoms with Crippen molar-refractivity contribution in [1.29, 1.82) is 0 Å². The number of benzene rings is 1. The summed E-state index contributed by atoms with van der Waals surface area (Å²) in [6.07, 6.45) is -4.84. The SMILES string of the molecule is O=C(c1ccc(Br)cc1Br)C(F)(F)F. The highest BCUT2D eigenvalue weighted by atomic mass is 79.9. The van der Waals surface area contributed by atoms with Gasteiger partial charge in [0.2, 0.25) is 0 Å². The lowest BCUT2D eigenvalue weighted by Crippen LogP contribution is -2.23. The average Bonchev–Trinajstić information content (AvgIpc) is 2.01. The van der Waals surface area contributed by atoms with Crippen molar-refractivity contribution >= 4 is 37.6 Å². The molecule has 14 heavy (non-hydrogen) atoms. The summed E-state index contributed by atoms with van der Waals surface area (Å²) in [5.74, 6) is -1.85. The maximum Gasteiger partial charge on any atom is 0.454 e. The van der Waals surface area contributed by atoms with Gasteiger partial charge in [0.1, 0.15) is 0 Å². The Hall–Kier alpha value is -0.360. The number of Topliss-reactive ketones (excluding diaryl/α,β-unsaturated/α-hetero) is 1. The van der Waals surface area contributed by atoms with Crippen LogP contribution in [-0.2, 0) is 0 Å². The quantitative estimate of drug-likeness (QED) is 0.712. The summed E-state index contributed by atoms with van der Waals surface area (Å²) in [5.41, 5.74) is -0.388. The molecule has 0 aliphatic rings. The minimum Gasteiger partial charge on any atom is -0.284 e. The average molecular weight is 332 g/mol. The Kier molecular flexibility index (Phi) is 3.36. The van der Waals surface area contributed by atoms with E-state index in [0.29, 0.717) is 4.47 Å². The van der Waals surface area contributed by atoms with Gasteiger partial charge in [0.25, 0.3) is 5.78 Å². The number of ketones is 1. The first kappa shape index (κ1) is 11.7. The number of alkyl halides is 3. The van der Waals surface area contributed by atoms with E-state index in [4.69, 9.17) is 0 Å². The largest absolute Gasteiger partial charge is 0.454 e. The Labute approximate surface area is 94.6 Å². The number of hydrogen-bond acceptors (Lipinski definition) is 1. The predicted molar refractivity (Wildman–Crippen MR) is 52.2 cm³/mol. The van der Waals surface area contributed by atoms with Crippen LogP contribution in [0.5, 0.6) is 0 Å². The van der Waals surface area contributed by atoms with Crippen LogP contribution in [0.2, 0.25) is 0 Å². The lowest BCUT2D eigenvalue weighted by atomic mass is 10.1. The number of hydrogen-bond donors (Lipinski definition) is 0. The Morgan fingerprint density at radius 3 is 2.21 bits per heavy atom. The van der Waals surface area contributed by atoms with Crippen LogP contribution in [0.25, 0.3) is 0 Å². The summed E-state index contributed by atoms with van der Waals surface area (Å²) < 4.78 is 36.8. The standard InChI is InChI=1S/C8H3Br2F3O/c9-4-1-2-5(6(10)3-4)7(14)8(11,12)13/h1-3H. The van der Waals surface area contributed by atoms with Gasteiger partial charge in [-0.1, -0.05) is 31.9 Å². The molecule has 1 aromatic rings. The first-order chi connectivity index (χ1) is 6.32. The summed E-state index contributed by atoms with van der Waals surface area (Å²) in [6.45, 7) is 0. The molecule has 0 heterocycles. The molecule has 0 bridgehead atoms. The topological polar surface area (TPSA) is 17.1 Å². The fourth-order valence-corrected chi connectivity index (χ4v) is 2.05. The molecule has 0 unspecified atom stereocenters. The van der Waals surface area contributed by atoms with Crippen molar-refractivity contribution in [2.75, 3.05) is 0 Å². The molecule has 0 spiro atoms. The van der Waals surface area contributed by atoms with Crippen LogP contribution < -0.4 is 0 Å². The van der Waals surface area contributed by atoms with Crippen molar-refractivity contribution in [3.63, 3.8) is 0 Å². The van der Waals surface area contributed by atoms with Gasteiger partial charge in [0.15, 0.2) is 0 Å².